The Balaban J connectivity index is 0.00000452. The van der Waals surface area contributed by atoms with E-state index in [1.807, 2.05) is 13.8 Å². The summed E-state index contributed by atoms with van der Waals surface area (Å²) in [6, 6.07) is 3.62. The van der Waals surface area contributed by atoms with Gasteiger partial charge in [-0.2, -0.15) is 44.6 Å². The van der Waals surface area contributed by atoms with E-state index in [4.69, 9.17) is 5.73 Å². The normalized spacial score (nSPS) is 12.9. The number of halogens is 9. The van der Waals surface area contributed by atoms with E-state index in [0.29, 0.717) is 17.7 Å². The quantitative estimate of drug-likeness (QED) is 0.117. The Hall–Kier alpha value is -3.91. The number of nitrogens with two attached hydrogens (primary N) is 1. The Kier molecular flexibility index (Phi) is 13.0. The fraction of sp³-hybridized carbons (Fsp3) is 0.429. The van der Waals surface area contributed by atoms with E-state index < -0.39 is 59.8 Å². The van der Waals surface area contributed by atoms with Crippen molar-refractivity contribution in [3.05, 3.63) is 81.9 Å². The molecule has 0 aliphatic heterocycles. The Morgan fingerprint density at radius 1 is 0.837 bits per heavy atom. The first-order chi connectivity index (χ1) is 19.7. The third-order valence-corrected chi connectivity index (χ3v) is 5.46. The number of hydrogen-bond acceptors (Lipinski definition) is 4. The highest BCUT2D eigenvalue weighted by molar-refractivity contribution is 6.12. The fourth-order valence-electron chi connectivity index (χ4n) is 3.65. The summed E-state index contributed by atoms with van der Waals surface area (Å²) >= 11 is 0. The van der Waals surface area contributed by atoms with Gasteiger partial charge in [0.25, 0.3) is 0 Å². The number of guanidine groups is 1. The molecular formula is C28H35F9N6. The topological polar surface area (TPSA) is 78.0 Å². The molecule has 0 unspecified atom stereocenters. The monoisotopic (exact) mass is 626 g/mol. The first-order valence-electron chi connectivity index (χ1n) is 13.0. The van der Waals surface area contributed by atoms with Gasteiger partial charge in [-0.3, -0.25) is 0 Å². The van der Waals surface area contributed by atoms with Crippen LogP contribution in [0, 0.1) is 0 Å². The smallest absolute Gasteiger partial charge is 0.368 e. The van der Waals surface area contributed by atoms with E-state index in [1.54, 1.807) is 20.8 Å². The second kappa shape index (κ2) is 15.0. The molecule has 0 saturated heterocycles. The first-order valence-corrected chi connectivity index (χ1v) is 13.0. The van der Waals surface area contributed by atoms with E-state index in [-0.39, 0.29) is 28.9 Å². The summed E-state index contributed by atoms with van der Waals surface area (Å²) in [6.07, 6.45) is -15.0. The Bertz CT molecular complexity index is 1260. The molecule has 4 N–H and O–H groups in total. The Morgan fingerprint density at radius 3 is 1.77 bits per heavy atom. The lowest BCUT2D eigenvalue weighted by Crippen LogP contribution is -2.38. The van der Waals surface area contributed by atoms with Crippen LogP contribution in [0.1, 0.15) is 68.0 Å². The number of allylic oxidation sites excluding steroid dienone is 1. The molecule has 0 atom stereocenters. The number of hydrogen-bond donors (Lipinski definition) is 3. The van der Waals surface area contributed by atoms with E-state index in [2.05, 4.69) is 27.6 Å². The highest BCUT2D eigenvalue weighted by Crippen LogP contribution is 2.37. The number of nitrogens with one attached hydrogen (secondary N) is 2. The van der Waals surface area contributed by atoms with Crippen LogP contribution in [-0.4, -0.2) is 29.7 Å². The minimum Gasteiger partial charge on any atom is -0.368 e. The van der Waals surface area contributed by atoms with Crippen LogP contribution in [0.15, 0.2) is 58.8 Å². The predicted molar refractivity (Wildman–Crippen MR) is 149 cm³/mol. The van der Waals surface area contributed by atoms with Crippen LogP contribution in [0.3, 0.4) is 0 Å². The molecule has 0 heterocycles. The molecule has 0 radical (unpaired) electrons. The molecule has 0 saturated carbocycles. The maximum absolute atomic E-state index is 13.6. The molecule has 43 heavy (non-hydrogen) atoms. The summed E-state index contributed by atoms with van der Waals surface area (Å²) in [4.78, 5) is 1.04. The van der Waals surface area contributed by atoms with Gasteiger partial charge in [0.05, 0.1) is 22.4 Å². The van der Waals surface area contributed by atoms with Crippen molar-refractivity contribution in [1.29, 1.82) is 0 Å². The zero-order valence-corrected chi connectivity index (χ0v) is 24.5. The number of hydrazone groups is 2. The number of benzene rings is 2. The lowest BCUT2D eigenvalue weighted by molar-refractivity contribution is -0.143. The molecule has 0 bridgehead atoms. The van der Waals surface area contributed by atoms with Crippen molar-refractivity contribution >= 4 is 11.7 Å². The van der Waals surface area contributed by atoms with Crippen LogP contribution in [-0.2, 0) is 31.6 Å². The molecular weight excluding hydrogens is 591 g/mol. The van der Waals surface area contributed by atoms with Gasteiger partial charge in [0.1, 0.15) is 0 Å². The van der Waals surface area contributed by atoms with E-state index in [9.17, 15) is 39.5 Å². The van der Waals surface area contributed by atoms with Gasteiger partial charge in [-0.1, -0.05) is 26.5 Å². The molecule has 0 aliphatic rings. The van der Waals surface area contributed by atoms with Crippen molar-refractivity contribution in [3.8, 4) is 0 Å². The van der Waals surface area contributed by atoms with Gasteiger partial charge in [-0.05, 0) is 67.8 Å². The summed E-state index contributed by atoms with van der Waals surface area (Å²) in [5.41, 5.74) is 7.20. The standard InChI is InChI=1S/C26H29F9N6.C2H6/c1-14(2)22(39-38-15(3)4)21-7-6-18(24(27,28)29)10-17(21)13-41(23(36)40-37-5)12-16-8-19(25(30,31)32)11-20(9-16)26(33,34)35;1-2/h6-11,15,37-38H,1,12-13H2,2-5H3,(H2,36,40);1-2H3/b39-22+;. The van der Waals surface area contributed by atoms with Crippen molar-refractivity contribution in [3.63, 3.8) is 0 Å². The third-order valence-electron chi connectivity index (χ3n) is 5.46. The molecule has 2 rings (SSSR count). The van der Waals surface area contributed by atoms with E-state index >= 15 is 0 Å². The number of nitrogens with zero attached hydrogens (tertiary/aromatic N) is 3. The van der Waals surface area contributed by atoms with Crippen molar-refractivity contribution in [1.82, 2.24) is 15.8 Å². The van der Waals surface area contributed by atoms with Gasteiger partial charge < -0.3 is 21.5 Å². The molecule has 6 nitrogen and oxygen atoms in total. The molecule has 0 amide bonds. The van der Waals surface area contributed by atoms with E-state index in [0.717, 1.165) is 23.1 Å². The SMILES string of the molecule is C=C(C)/C(=N\NC(C)C)c1ccc(C(F)(F)F)cc1CN(Cc1cc(C(F)(F)F)cc(C(F)(F)F)c1)/C(N)=N/NC.CC. The summed E-state index contributed by atoms with van der Waals surface area (Å²) in [6.45, 7) is 11.8. The second-order valence-electron chi connectivity index (χ2n) is 9.36. The summed E-state index contributed by atoms with van der Waals surface area (Å²) in [5, 5.41) is 7.98. The van der Waals surface area contributed by atoms with Gasteiger partial charge in [0.2, 0.25) is 5.96 Å². The highest BCUT2D eigenvalue weighted by atomic mass is 19.4. The van der Waals surface area contributed by atoms with Crippen molar-refractivity contribution in [2.24, 2.45) is 15.9 Å². The lowest BCUT2D eigenvalue weighted by atomic mass is 9.96. The van der Waals surface area contributed by atoms with Gasteiger partial charge in [-0.15, -0.1) is 5.10 Å². The molecule has 0 aliphatic carbocycles. The lowest BCUT2D eigenvalue weighted by Gasteiger charge is -2.26. The third kappa shape index (κ3) is 11.0. The van der Waals surface area contributed by atoms with E-state index in [1.165, 1.54) is 7.05 Å². The molecule has 15 heteroatoms. The average molecular weight is 627 g/mol. The van der Waals surface area contributed by atoms with Crippen molar-refractivity contribution in [2.45, 2.75) is 72.3 Å². The van der Waals surface area contributed by atoms with Crippen LogP contribution in [0.2, 0.25) is 0 Å². The average Bonchev–Trinajstić information content (AvgIpc) is 2.88. The predicted octanol–water partition coefficient (Wildman–Crippen LogP) is 7.50. The molecule has 0 aromatic heterocycles. The molecule has 2 aromatic carbocycles. The van der Waals surface area contributed by atoms with Crippen LogP contribution >= 0.6 is 0 Å². The Labute approximate surface area is 244 Å². The van der Waals surface area contributed by atoms with Crippen molar-refractivity contribution in [2.75, 3.05) is 7.05 Å². The Morgan fingerprint density at radius 2 is 1.35 bits per heavy atom. The summed E-state index contributed by atoms with van der Waals surface area (Å²) in [5.74, 6) is -0.407. The summed E-state index contributed by atoms with van der Waals surface area (Å²) in [7, 11) is 1.33. The molecule has 240 valence electrons. The van der Waals surface area contributed by atoms with Crippen LogP contribution < -0.4 is 16.6 Å². The maximum Gasteiger partial charge on any atom is 0.416 e. The first kappa shape index (κ1) is 37.1. The number of rotatable bonds is 9. The van der Waals surface area contributed by atoms with Crippen molar-refractivity contribution < 1.29 is 39.5 Å². The summed E-state index contributed by atoms with van der Waals surface area (Å²) < 4.78 is 122. The zero-order chi connectivity index (χ0) is 33.3. The van der Waals surface area contributed by atoms with Gasteiger partial charge >= 0.3 is 18.5 Å². The zero-order valence-electron chi connectivity index (χ0n) is 24.5. The van der Waals surface area contributed by atoms with Gasteiger partial charge in [-0.25, -0.2) is 0 Å². The largest absolute Gasteiger partial charge is 0.416 e. The minimum absolute atomic E-state index is 0.0267. The number of alkyl halides is 9. The molecule has 2 aromatic rings. The van der Waals surface area contributed by atoms with Crippen LogP contribution in [0.5, 0.6) is 0 Å². The fourth-order valence-corrected chi connectivity index (χ4v) is 3.65. The second-order valence-corrected chi connectivity index (χ2v) is 9.36. The van der Waals surface area contributed by atoms with Gasteiger partial charge in [0, 0.05) is 31.7 Å². The minimum atomic E-state index is -5.10. The van der Waals surface area contributed by atoms with Crippen LogP contribution in [0.25, 0.3) is 0 Å². The molecule has 0 spiro atoms. The van der Waals surface area contributed by atoms with Crippen LogP contribution in [0.4, 0.5) is 39.5 Å². The maximum atomic E-state index is 13.6. The molecule has 0 fully saturated rings. The van der Waals surface area contributed by atoms with Gasteiger partial charge in [0.15, 0.2) is 0 Å². The highest BCUT2D eigenvalue weighted by Gasteiger charge is 2.37.